The molecule has 0 radical (unpaired) electrons. The van der Waals surface area contributed by atoms with Crippen LogP contribution >= 0.6 is 12.4 Å². The van der Waals surface area contributed by atoms with E-state index in [-0.39, 0.29) is 30.9 Å². The summed E-state index contributed by atoms with van der Waals surface area (Å²) in [5, 5.41) is 15.6. The number of aliphatic hydroxyl groups excluding tert-OH is 1. The predicted molar refractivity (Wildman–Crippen MR) is 72.6 cm³/mol. The summed E-state index contributed by atoms with van der Waals surface area (Å²) >= 11 is 0. The van der Waals surface area contributed by atoms with Gasteiger partial charge >= 0.3 is 0 Å². The van der Waals surface area contributed by atoms with Gasteiger partial charge in [-0.1, -0.05) is 12.1 Å². The van der Waals surface area contributed by atoms with E-state index in [1.807, 2.05) is 0 Å². The van der Waals surface area contributed by atoms with Gasteiger partial charge in [-0.05, 0) is 37.1 Å². The SMILES string of the molecule is Cl.O=C(NCC(O)c1cccc(F)c1)C1CCCN1. The predicted octanol–water partition coefficient (Wildman–Crippen LogP) is 1.15. The van der Waals surface area contributed by atoms with Gasteiger partial charge in [-0.15, -0.1) is 12.4 Å². The van der Waals surface area contributed by atoms with Crippen LogP contribution in [-0.4, -0.2) is 30.1 Å². The van der Waals surface area contributed by atoms with Crippen LogP contribution in [0.4, 0.5) is 4.39 Å². The van der Waals surface area contributed by atoms with Crippen molar-refractivity contribution in [1.82, 2.24) is 10.6 Å². The van der Waals surface area contributed by atoms with Crippen LogP contribution in [0.5, 0.6) is 0 Å². The van der Waals surface area contributed by atoms with Crippen molar-refractivity contribution in [3.8, 4) is 0 Å². The molecule has 0 aromatic heterocycles. The Balaban J connectivity index is 0.00000180. The molecule has 19 heavy (non-hydrogen) atoms. The normalized spacial score (nSPS) is 19.6. The fourth-order valence-corrected chi connectivity index (χ4v) is 2.06. The third-order valence-corrected chi connectivity index (χ3v) is 3.08. The van der Waals surface area contributed by atoms with Gasteiger partial charge in [0.15, 0.2) is 0 Å². The first-order chi connectivity index (χ1) is 8.66. The number of hydrogen-bond acceptors (Lipinski definition) is 3. The lowest BCUT2D eigenvalue weighted by Gasteiger charge is -2.15. The van der Waals surface area contributed by atoms with E-state index < -0.39 is 11.9 Å². The Hall–Kier alpha value is -1.17. The van der Waals surface area contributed by atoms with Gasteiger partial charge < -0.3 is 15.7 Å². The summed E-state index contributed by atoms with van der Waals surface area (Å²) < 4.78 is 13.0. The highest BCUT2D eigenvalue weighted by Gasteiger charge is 2.22. The molecule has 1 aromatic rings. The number of halogens is 2. The minimum Gasteiger partial charge on any atom is -0.387 e. The second-order valence-electron chi connectivity index (χ2n) is 4.46. The average Bonchev–Trinajstić information content (AvgIpc) is 2.89. The van der Waals surface area contributed by atoms with Gasteiger partial charge in [-0.25, -0.2) is 4.39 Å². The number of amides is 1. The van der Waals surface area contributed by atoms with E-state index in [1.165, 1.54) is 18.2 Å². The summed E-state index contributed by atoms with van der Waals surface area (Å²) in [4.78, 5) is 11.7. The maximum atomic E-state index is 13.0. The van der Waals surface area contributed by atoms with Crippen LogP contribution in [0.15, 0.2) is 24.3 Å². The van der Waals surface area contributed by atoms with Crippen molar-refractivity contribution < 1.29 is 14.3 Å². The number of hydrogen-bond donors (Lipinski definition) is 3. The minimum absolute atomic E-state index is 0. The van der Waals surface area contributed by atoms with E-state index in [2.05, 4.69) is 10.6 Å². The molecule has 1 heterocycles. The van der Waals surface area contributed by atoms with Gasteiger partial charge in [0.25, 0.3) is 0 Å². The molecule has 0 spiro atoms. The molecule has 2 unspecified atom stereocenters. The van der Waals surface area contributed by atoms with E-state index in [4.69, 9.17) is 0 Å². The average molecular weight is 289 g/mol. The first-order valence-corrected chi connectivity index (χ1v) is 6.11. The van der Waals surface area contributed by atoms with Crippen LogP contribution in [0.1, 0.15) is 24.5 Å². The molecule has 1 aliphatic rings. The van der Waals surface area contributed by atoms with E-state index >= 15 is 0 Å². The summed E-state index contributed by atoms with van der Waals surface area (Å²) in [5.41, 5.74) is 0.467. The van der Waals surface area contributed by atoms with Gasteiger partial charge in [0.1, 0.15) is 5.82 Å². The maximum Gasteiger partial charge on any atom is 0.237 e. The van der Waals surface area contributed by atoms with Crippen LogP contribution in [0.2, 0.25) is 0 Å². The van der Waals surface area contributed by atoms with Crippen LogP contribution in [0.25, 0.3) is 0 Å². The van der Waals surface area contributed by atoms with Crippen molar-refractivity contribution in [2.45, 2.75) is 25.0 Å². The van der Waals surface area contributed by atoms with Crippen molar-refractivity contribution in [2.75, 3.05) is 13.1 Å². The van der Waals surface area contributed by atoms with Gasteiger partial charge in [0, 0.05) is 6.54 Å². The lowest BCUT2D eigenvalue weighted by molar-refractivity contribution is -0.123. The lowest BCUT2D eigenvalue weighted by atomic mass is 10.1. The Morgan fingerprint density at radius 1 is 1.58 bits per heavy atom. The molecule has 6 heteroatoms. The zero-order valence-corrected chi connectivity index (χ0v) is 11.3. The van der Waals surface area contributed by atoms with Crippen LogP contribution in [0, 0.1) is 5.82 Å². The highest BCUT2D eigenvalue weighted by Crippen LogP contribution is 2.13. The van der Waals surface area contributed by atoms with E-state index in [1.54, 1.807) is 6.07 Å². The van der Waals surface area contributed by atoms with E-state index in [9.17, 15) is 14.3 Å². The summed E-state index contributed by atoms with van der Waals surface area (Å²) in [5.74, 6) is -0.502. The van der Waals surface area contributed by atoms with Crippen molar-refractivity contribution >= 4 is 18.3 Å². The molecule has 1 fully saturated rings. The van der Waals surface area contributed by atoms with E-state index in [0.29, 0.717) is 5.56 Å². The molecule has 2 atom stereocenters. The fraction of sp³-hybridized carbons (Fsp3) is 0.462. The smallest absolute Gasteiger partial charge is 0.237 e. The molecular weight excluding hydrogens is 271 g/mol. The monoisotopic (exact) mass is 288 g/mol. The summed E-state index contributed by atoms with van der Waals surface area (Å²) in [6.45, 7) is 0.949. The third kappa shape index (κ3) is 4.45. The molecule has 0 aliphatic carbocycles. The number of benzene rings is 1. The van der Waals surface area contributed by atoms with Gasteiger partial charge in [0.2, 0.25) is 5.91 Å². The Kier molecular flexibility index (Phi) is 6.21. The first kappa shape index (κ1) is 15.9. The second kappa shape index (κ2) is 7.43. The van der Waals surface area contributed by atoms with Crippen molar-refractivity contribution in [3.63, 3.8) is 0 Å². The van der Waals surface area contributed by atoms with E-state index in [0.717, 1.165) is 19.4 Å². The Labute approximate surface area is 117 Å². The zero-order valence-electron chi connectivity index (χ0n) is 10.4. The summed E-state index contributed by atoms with van der Waals surface area (Å²) in [7, 11) is 0. The second-order valence-corrected chi connectivity index (χ2v) is 4.46. The van der Waals surface area contributed by atoms with Crippen LogP contribution in [-0.2, 0) is 4.79 Å². The molecule has 2 rings (SSSR count). The molecule has 1 saturated heterocycles. The summed E-state index contributed by atoms with van der Waals surface area (Å²) in [6.07, 6.45) is 0.929. The number of aliphatic hydroxyl groups is 1. The Bertz CT molecular complexity index is 425. The molecule has 1 aromatic carbocycles. The Morgan fingerprint density at radius 3 is 3.00 bits per heavy atom. The zero-order chi connectivity index (χ0) is 13.0. The molecule has 3 N–H and O–H groups in total. The molecule has 106 valence electrons. The molecule has 0 saturated carbocycles. The van der Waals surface area contributed by atoms with Gasteiger partial charge in [0.05, 0.1) is 12.1 Å². The lowest BCUT2D eigenvalue weighted by Crippen LogP contribution is -2.41. The third-order valence-electron chi connectivity index (χ3n) is 3.08. The first-order valence-electron chi connectivity index (χ1n) is 6.11. The van der Waals surface area contributed by atoms with Crippen molar-refractivity contribution in [3.05, 3.63) is 35.6 Å². The molecule has 1 aliphatic heterocycles. The minimum atomic E-state index is -0.883. The Morgan fingerprint density at radius 2 is 2.37 bits per heavy atom. The number of rotatable bonds is 4. The summed E-state index contributed by atoms with van der Waals surface area (Å²) in [6, 6.07) is 5.59. The fourth-order valence-electron chi connectivity index (χ4n) is 2.06. The largest absolute Gasteiger partial charge is 0.387 e. The number of nitrogens with one attached hydrogen (secondary N) is 2. The van der Waals surface area contributed by atoms with Crippen molar-refractivity contribution in [1.29, 1.82) is 0 Å². The number of carbonyl (C=O) groups excluding carboxylic acids is 1. The molecule has 1 amide bonds. The van der Waals surface area contributed by atoms with Gasteiger partial charge in [-0.3, -0.25) is 4.79 Å². The van der Waals surface area contributed by atoms with Crippen LogP contribution < -0.4 is 10.6 Å². The van der Waals surface area contributed by atoms with Gasteiger partial charge in [-0.2, -0.15) is 0 Å². The number of carbonyl (C=O) groups is 1. The topological polar surface area (TPSA) is 61.4 Å². The maximum absolute atomic E-state index is 13.0. The van der Waals surface area contributed by atoms with Crippen molar-refractivity contribution in [2.24, 2.45) is 0 Å². The molecular formula is C13H18ClFN2O2. The van der Waals surface area contributed by atoms with Crippen LogP contribution in [0.3, 0.4) is 0 Å². The highest BCUT2D eigenvalue weighted by molar-refractivity contribution is 5.85. The standard InChI is InChI=1S/C13H17FN2O2.ClH/c14-10-4-1-3-9(7-10)12(17)8-16-13(18)11-5-2-6-15-11;/h1,3-4,7,11-12,15,17H,2,5-6,8H2,(H,16,18);1H. The molecule has 0 bridgehead atoms. The quantitative estimate of drug-likeness (QED) is 0.779. The molecule has 4 nitrogen and oxygen atoms in total. The highest BCUT2D eigenvalue weighted by atomic mass is 35.5.